The minimum atomic E-state index is 0.737. The summed E-state index contributed by atoms with van der Waals surface area (Å²) in [6.45, 7) is 0.832. The van der Waals surface area contributed by atoms with Crippen LogP contribution < -0.4 is 4.90 Å². The van der Waals surface area contributed by atoms with E-state index in [2.05, 4.69) is 35.8 Å². The maximum Gasteiger partial charge on any atom is 0.225 e. The Morgan fingerprint density at radius 3 is 2.86 bits per heavy atom. The second-order valence-electron chi connectivity index (χ2n) is 4.87. The van der Waals surface area contributed by atoms with Gasteiger partial charge >= 0.3 is 0 Å². The summed E-state index contributed by atoms with van der Waals surface area (Å²) in [4.78, 5) is 15.4. The lowest BCUT2D eigenvalue weighted by molar-refractivity contribution is 0.824. The third-order valence-corrected chi connectivity index (χ3v) is 3.79. The number of halogens is 1. The van der Waals surface area contributed by atoms with Crippen molar-refractivity contribution in [3.05, 3.63) is 59.0 Å². The van der Waals surface area contributed by atoms with Crippen LogP contribution in [-0.4, -0.2) is 28.5 Å². The lowest BCUT2D eigenvalue weighted by Crippen LogP contribution is -2.22. The largest absolute Gasteiger partial charge is 0.343 e. The molecule has 0 unspecified atom stereocenters. The van der Waals surface area contributed by atoms with E-state index in [0.717, 1.165) is 40.0 Å². The van der Waals surface area contributed by atoms with Crippen molar-refractivity contribution >= 4 is 32.8 Å². The normalized spacial score (nSPS) is 10.8. The summed E-state index contributed by atoms with van der Waals surface area (Å²) < 4.78 is 1.04. The van der Waals surface area contributed by atoms with E-state index < -0.39 is 0 Å². The molecule has 0 radical (unpaired) electrons. The lowest BCUT2D eigenvalue weighted by Gasteiger charge is -2.16. The van der Waals surface area contributed by atoms with Gasteiger partial charge in [-0.3, -0.25) is 4.98 Å². The molecule has 0 aliphatic heterocycles. The Kier molecular flexibility index (Phi) is 4.10. The first kappa shape index (κ1) is 13.9. The topological polar surface area (TPSA) is 41.9 Å². The predicted molar refractivity (Wildman–Crippen MR) is 88.4 cm³/mol. The molecule has 0 saturated heterocycles. The Morgan fingerprint density at radius 1 is 1.14 bits per heavy atom. The summed E-state index contributed by atoms with van der Waals surface area (Å²) in [5, 5.41) is 1.03. The smallest absolute Gasteiger partial charge is 0.225 e. The average molecular weight is 343 g/mol. The van der Waals surface area contributed by atoms with Crippen LogP contribution in [-0.2, 0) is 6.42 Å². The molecule has 0 bridgehead atoms. The number of rotatable bonds is 4. The van der Waals surface area contributed by atoms with Crippen molar-refractivity contribution in [1.82, 2.24) is 15.0 Å². The number of nitrogens with zero attached hydrogens (tertiary/aromatic N) is 4. The van der Waals surface area contributed by atoms with E-state index in [1.807, 2.05) is 55.8 Å². The van der Waals surface area contributed by atoms with Crippen LogP contribution in [0, 0.1) is 0 Å². The van der Waals surface area contributed by atoms with Crippen LogP contribution in [0.25, 0.3) is 10.9 Å². The summed E-state index contributed by atoms with van der Waals surface area (Å²) in [6, 6.07) is 12.0. The number of hydrogen-bond acceptors (Lipinski definition) is 4. The van der Waals surface area contributed by atoms with Crippen molar-refractivity contribution in [2.45, 2.75) is 6.42 Å². The number of anilines is 1. The molecule has 4 nitrogen and oxygen atoms in total. The molecule has 0 saturated carbocycles. The van der Waals surface area contributed by atoms with E-state index in [1.54, 1.807) is 0 Å². The number of fused-ring (bicyclic) bond motifs is 1. The molecule has 0 spiro atoms. The van der Waals surface area contributed by atoms with Crippen LogP contribution in [0.5, 0.6) is 0 Å². The Hall–Kier alpha value is -2.01. The predicted octanol–water partition coefficient (Wildman–Crippen LogP) is 3.47. The summed E-state index contributed by atoms with van der Waals surface area (Å²) in [5.74, 6) is 0.737. The molecule has 3 aromatic rings. The fourth-order valence-electron chi connectivity index (χ4n) is 2.11. The lowest BCUT2D eigenvalue weighted by atomic mass is 10.2. The molecule has 2 aromatic heterocycles. The van der Waals surface area contributed by atoms with Crippen LogP contribution in [0.1, 0.15) is 5.69 Å². The summed E-state index contributed by atoms with van der Waals surface area (Å²) in [6.07, 6.45) is 4.55. The first-order valence-corrected chi connectivity index (χ1v) is 7.55. The number of pyridine rings is 1. The number of benzene rings is 1. The van der Waals surface area contributed by atoms with E-state index in [-0.39, 0.29) is 0 Å². The van der Waals surface area contributed by atoms with Gasteiger partial charge < -0.3 is 4.90 Å². The molecular formula is C16H15BrN4. The minimum Gasteiger partial charge on any atom is -0.343 e. The first-order valence-electron chi connectivity index (χ1n) is 6.76. The molecule has 1 aromatic carbocycles. The van der Waals surface area contributed by atoms with Crippen LogP contribution in [0.3, 0.4) is 0 Å². The number of hydrogen-bond donors (Lipinski definition) is 0. The third kappa shape index (κ3) is 3.36. The third-order valence-electron chi connectivity index (χ3n) is 3.30. The number of likely N-dealkylation sites (N-methyl/N-ethyl adjacent to an activating group) is 1. The quantitative estimate of drug-likeness (QED) is 0.728. The van der Waals surface area contributed by atoms with Crippen molar-refractivity contribution in [2.24, 2.45) is 0 Å². The summed E-state index contributed by atoms with van der Waals surface area (Å²) >= 11 is 3.46. The highest BCUT2D eigenvalue weighted by Crippen LogP contribution is 2.19. The van der Waals surface area contributed by atoms with E-state index in [1.165, 1.54) is 0 Å². The molecule has 0 fully saturated rings. The monoisotopic (exact) mass is 342 g/mol. The second kappa shape index (κ2) is 6.18. The van der Waals surface area contributed by atoms with Gasteiger partial charge in [-0.05, 0) is 30.3 Å². The van der Waals surface area contributed by atoms with Gasteiger partial charge in [0, 0.05) is 48.0 Å². The van der Waals surface area contributed by atoms with Crippen molar-refractivity contribution in [2.75, 3.05) is 18.5 Å². The molecule has 106 valence electrons. The maximum atomic E-state index is 4.60. The van der Waals surface area contributed by atoms with Crippen LogP contribution in [0.4, 0.5) is 5.95 Å². The molecule has 21 heavy (non-hydrogen) atoms. The molecule has 0 N–H and O–H groups in total. The summed E-state index contributed by atoms with van der Waals surface area (Å²) in [7, 11) is 2.00. The average Bonchev–Trinajstić information content (AvgIpc) is 2.53. The molecule has 0 aliphatic carbocycles. The zero-order valence-electron chi connectivity index (χ0n) is 11.7. The van der Waals surface area contributed by atoms with Gasteiger partial charge in [0.2, 0.25) is 5.95 Å². The van der Waals surface area contributed by atoms with Crippen LogP contribution >= 0.6 is 15.9 Å². The van der Waals surface area contributed by atoms with Gasteiger partial charge in [0.15, 0.2) is 0 Å². The van der Waals surface area contributed by atoms with Gasteiger partial charge in [0.1, 0.15) is 0 Å². The van der Waals surface area contributed by atoms with Crippen molar-refractivity contribution < 1.29 is 0 Å². The minimum absolute atomic E-state index is 0.737. The van der Waals surface area contributed by atoms with E-state index in [9.17, 15) is 0 Å². The van der Waals surface area contributed by atoms with Gasteiger partial charge in [0.05, 0.1) is 5.52 Å². The fourth-order valence-corrected chi connectivity index (χ4v) is 2.49. The van der Waals surface area contributed by atoms with Crippen molar-refractivity contribution in [3.63, 3.8) is 0 Å². The van der Waals surface area contributed by atoms with Crippen molar-refractivity contribution in [1.29, 1.82) is 0 Å². The van der Waals surface area contributed by atoms with Gasteiger partial charge in [-0.1, -0.05) is 22.0 Å². The highest BCUT2D eigenvalue weighted by Gasteiger charge is 2.06. The molecule has 0 aliphatic rings. The fraction of sp³-hybridized carbons (Fsp3) is 0.188. The zero-order valence-corrected chi connectivity index (χ0v) is 13.3. The highest BCUT2D eigenvalue weighted by molar-refractivity contribution is 9.10. The molecule has 2 heterocycles. The first-order chi connectivity index (χ1) is 10.2. The SMILES string of the molecule is CN(CCc1ccccn1)c1ncc2cc(Br)ccc2n1. The molecule has 5 heteroatoms. The van der Waals surface area contributed by atoms with Crippen molar-refractivity contribution in [3.8, 4) is 0 Å². The zero-order chi connectivity index (χ0) is 14.7. The Balaban J connectivity index is 1.75. The van der Waals surface area contributed by atoms with Gasteiger partial charge in [-0.25, -0.2) is 9.97 Å². The van der Waals surface area contributed by atoms with E-state index >= 15 is 0 Å². The van der Waals surface area contributed by atoms with Gasteiger partial charge in [-0.2, -0.15) is 0 Å². The van der Waals surface area contributed by atoms with Crippen LogP contribution in [0.15, 0.2) is 53.3 Å². The van der Waals surface area contributed by atoms with E-state index in [4.69, 9.17) is 0 Å². The van der Waals surface area contributed by atoms with Crippen LogP contribution in [0.2, 0.25) is 0 Å². The van der Waals surface area contributed by atoms with Gasteiger partial charge in [0.25, 0.3) is 0 Å². The molecule has 0 atom stereocenters. The second-order valence-corrected chi connectivity index (χ2v) is 5.78. The Bertz CT molecular complexity index is 746. The molecular weight excluding hydrogens is 328 g/mol. The molecule has 0 amide bonds. The Labute approximate surface area is 132 Å². The Morgan fingerprint density at radius 2 is 2.05 bits per heavy atom. The highest BCUT2D eigenvalue weighted by atomic mass is 79.9. The van der Waals surface area contributed by atoms with E-state index in [0.29, 0.717) is 0 Å². The standard InChI is InChI=1S/C16H15BrN4/c1-21(9-7-14-4-2-3-8-18-14)16-19-11-12-10-13(17)5-6-15(12)20-16/h2-6,8,10-11H,7,9H2,1H3. The maximum absolute atomic E-state index is 4.60. The van der Waals surface area contributed by atoms with Gasteiger partial charge in [-0.15, -0.1) is 0 Å². The number of aromatic nitrogens is 3. The molecule has 3 rings (SSSR count). The summed E-state index contributed by atoms with van der Waals surface area (Å²) in [5.41, 5.74) is 2.03.